The van der Waals surface area contributed by atoms with E-state index in [0.29, 0.717) is 54.8 Å². The van der Waals surface area contributed by atoms with E-state index in [0.717, 1.165) is 5.56 Å². The van der Waals surface area contributed by atoms with Gasteiger partial charge in [0.05, 0.1) is 62.2 Å². The zero-order valence-electron chi connectivity index (χ0n) is 25.8. The van der Waals surface area contributed by atoms with E-state index >= 15 is 0 Å². The monoisotopic (exact) mass is 674 g/mol. The number of pyridine rings is 1. The summed E-state index contributed by atoms with van der Waals surface area (Å²) in [6.07, 6.45) is -0.207. The fraction of sp³-hybridized carbons (Fsp3) is 0.367. The average Bonchev–Trinajstić information content (AvgIpc) is 3.50. The number of aromatic nitrogens is 5. The maximum atomic E-state index is 14.1. The SMILES string of the molecule is CCNC(=O)c1nc(-c2cnn(CC3(CO)COC3)c2)ccc1Nc1nc(Nc2ccc(CPOC)cc2OC)ncc1C(F)(F)F. The van der Waals surface area contributed by atoms with Crippen LogP contribution >= 0.6 is 8.81 Å². The van der Waals surface area contributed by atoms with Crippen molar-refractivity contribution in [2.45, 2.75) is 25.8 Å². The van der Waals surface area contributed by atoms with Crippen molar-refractivity contribution < 1.29 is 37.1 Å². The minimum Gasteiger partial charge on any atom is -0.495 e. The van der Waals surface area contributed by atoms with Crippen molar-refractivity contribution in [3.63, 3.8) is 0 Å². The summed E-state index contributed by atoms with van der Waals surface area (Å²) < 4.78 is 59.9. The molecule has 4 aromatic rings. The minimum atomic E-state index is -4.81. The van der Waals surface area contributed by atoms with E-state index in [-0.39, 0.29) is 39.3 Å². The first-order valence-electron chi connectivity index (χ1n) is 14.5. The lowest BCUT2D eigenvalue weighted by molar-refractivity contribution is -0.146. The number of benzene rings is 1. The first-order chi connectivity index (χ1) is 22.6. The second kappa shape index (κ2) is 14.6. The highest BCUT2D eigenvalue weighted by atomic mass is 31.1. The molecule has 0 saturated carbocycles. The molecule has 17 heteroatoms. The third kappa shape index (κ3) is 7.96. The molecule has 4 N–H and O–H groups in total. The summed E-state index contributed by atoms with van der Waals surface area (Å²) in [5.74, 6) is -0.887. The molecule has 1 amide bonds. The van der Waals surface area contributed by atoms with Gasteiger partial charge in [-0.25, -0.2) is 9.97 Å². The fourth-order valence-electron chi connectivity index (χ4n) is 4.78. The summed E-state index contributed by atoms with van der Waals surface area (Å²) >= 11 is 0. The number of alkyl halides is 3. The van der Waals surface area contributed by atoms with E-state index in [1.165, 1.54) is 13.2 Å². The second-order valence-electron chi connectivity index (χ2n) is 10.8. The number of hydrogen-bond donors (Lipinski definition) is 4. The van der Waals surface area contributed by atoms with Crippen molar-refractivity contribution in [2.24, 2.45) is 5.41 Å². The van der Waals surface area contributed by atoms with E-state index in [1.807, 2.05) is 6.07 Å². The van der Waals surface area contributed by atoms with Crippen LogP contribution in [0.3, 0.4) is 0 Å². The third-order valence-corrected chi connectivity index (χ3v) is 8.15. The van der Waals surface area contributed by atoms with Crippen molar-refractivity contribution >= 4 is 37.9 Å². The summed E-state index contributed by atoms with van der Waals surface area (Å²) in [6, 6.07) is 8.35. The maximum absolute atomic E-state index is 14.1. The molecule has 3 aromatic heterocycles. The molecule has 1 aromatic carbocycles. The van der Waals surface area contributed by atoms with E-state index in [9.17, 15) is 23.1 Å². The molecule has 0 spiro atoms. The normalized spacial score (nSPS) is 14.2. The molecular formula is C30H34F3N8O5P. The van der Waals surface area contributed by atoms with Crippen molar-refractivity contribution in [3.05, 3.63) is 65.7 Å². The molecule has 4 heterocycles. The fourth-order valence-corrected chi connectivity index (χ4v) is 5.32. The summed E-state index contributed by atoms with van der Waals surface area (Å²) in [5, 5.41) is 22.4. The molecule has 1 aliphatic rings. The van der Waals surface area contributed by atoms with Crippen LogP contribution in [0.1, 0.15) is 28.5 Å². The lowest BCUT2D eigenvalue weighted by atomic mass is 9.87. The first kappa shape index (κ1) is 34.0. The summed E-state index contributed by atoms with van der Waals surface area (Å²) in [6.45, 7) is 3.15. The zero-order chi connectivity index (χ0) is 33.6. The van der Waals surface area contributed by atoms with E-state index in [2.05, 4.69) is 36.0 Å². The number of anilines is 4. The Morgan fingerprint density at radius 1 is 1.13 bits per heavy atom. The molecular weight excluding hydrogens is 640 g/mol. The molecule has 13 nitrogen and oxygen atoms in total. The predicted octanol–water partition coefficient (Wildman–Crippen LogP) is 4.75. The highest BCUT2D eigenvalue weighted by Gasteiger charge is 2.39. The van der Waals surface area contributed by atoms with Gasteiger partial charge in [0, 0.05) is 46.6 Å². The Hall–Kier alpha value is -4.37. The van der Waals surface area contributed by atoms with Crippen LogP contribution in [0.5, 0.6) is 5.75 Å². The van der Waals surface area contributed by atoms with Crippen molar-refractivity contribution in [1.29, 1.82) is 0 Å². The van der Waals surface area contributed by atoms with E-state index in [4.69, 9.17) is 14.0 Å². The topological polar surface area (TPSA) is 158 Å². The highest BCUT2D eigenvalue weighted by Crippen LogP contribution is 2.37. The Morgan fingerprint density at radius 2 is 1.91 bits per heavy atom. The van der Waals surface area contributed by atoms with Crippen LogP contribution in [0.2, 0.25) is 0 Å². The lowest BCUT2D eigenvalue weighted by Gasteiger charge is -2.39. The maximum Gasteiger partial charge on any atom is 0.421 e. The quantitative estimate of drug-likeness (QED) is 0.137. The van der Waals surface area contributed by atoms with Gasteiger partial charge in [-0.3, -0.25) is 9.48 Å². The smallest absolute Gasteiger partial charge is 0.421 e. The molecule has 0 bridgehead atoms. The molecule has 47 heavy (non-hydrogen) atoms. The number of carbonyl (C=O) groups is 1. The molecule has 1 atom stereocenters. The number of nitrogens with zero attached hydrogens (tertiary/aromatic N) is 5. The molecule has 5 rings (SSSR count). The van der Waals surface area contributed by atoms with Crippen LogP contribution in [-0.2, 0) is 28.1 Å². The Balaban J connectivity index is 1.46. The van der Waals surface area contributed by atoms with E-state index in [1.54, 1.807) is 49.3 Å². The Bertz CT molecular complexity index is 1710. The van der Waals surface area contributed by atoms with Gasteiger partial charge in [-0.2, -0.15) is 23.3 Å². The first-order valence-corrected chi connectivity index (χ1v) is 15.6. The molecule has 1 aliphatic heterocycles. The number of carbonyl (C=O) groups excluding carboxylic acids is 1. The van der Waals surface area contributed by atoms with Gasteiger partial charge in [0.2, 0.25) is 5.95 Å². The number of aliphatic hydroxyl groups is 1. The lowest BCUT2D eigenvalue weighted by Crippen LogP contribution is -2.48. The van der Waals surface area contributed by atoms with Gasteiger partial charge in [0.25, 0.3) is 5.91 Å². The average molecular weight is 675 g/mol. The molecule has 1 fully saturated rings. The van der Waals surface area contributed by atoms with Gasteiger partial charge in [-0.05, 0) is 36.8 Å². The molecule has 250 valence electrons. The molecule has 0 aliphatic carbocycles. The van der Waals surface area contributed by atoms with E-state index < -0.39 is 28.9 Å². The minimum absolute atomic E-state index is 0.00555. The van der Waals surface area contributed by atoms with Crippen molar-refractivity contribution in [1.82, 2.24) is 30.0 Å². The zero-order valence-corrected chi connectivity index (χ0v) is 26.8. The predicted molar refractivity (Wildman–Crippen MR) is 169 cm³/mol. The van der Waals surface area contributed by atoms with Crippen LogP contribution in [0.15, 0.2) is 48.9 Å². The number of aliphatic hydroxyl groups excluding tert-OH is 1. The van der Waals surface area contributed by atoms with Gasteiger partial charge in [0.1, 0.15) is 17.1 Å². The Morgan fingerprint density at radius 3 is 2.57 bits per heavy atom. The summed E-state index contributed by atoms with van der Waals surface area (Å²) in [4.78, 5) is 25.6. The Kier molecular flexibility index (Phi) is 10.5. The number of amides is 1. The summed E-state index contributed by atoms with van der Waals surface area (Å²) in [5.41, 5.74) is 0.614. The van der Waals surface area contributed by atoms with Gasteiger partial charge < -0.3 is 35.1 Å². The van der Waals surface area contributed by atoms with Crippen LogP contribution in [0.4, 0.5) is 36.3 Å². The largest absolute Gasteiger partial charge is 0.495 e. The number of hydrogen-bond acceptors (Lipinski definition) is 11. The Labute approximate surface area is 270 Å². The number of halogens is 3. The second-order valence-corrected chi connectivity index (χ2v) is 11.8. The van der Waals surface area contributed by atoms with Crippen LogP contribution in [0.25, 0.3) is 11.3 Å². The van der Waals surface area contributed by atoms with Crippen LogP contribution in [0, 0.1) is 5.41 Å². The number of nitrogens with one attached hydrogen (secondary N) is 3. The number of methoxy groups -OCH3 is 1. The van der Waals surface area contributed by atoms with Gasteiger partial charge in [0.15, 0.2) is 5.69 Å². The van der Waals surface area contributed by atoms with Crippen molar-refractivity contribution in [2.75, 3.05) is 51.2 Å². The van der Waals surface area contributed by atoms with Crippen LogP contribution in [-0.4, -0.2) is 76.3 Å². The summed E-state index contributed by atoms with van der Waals surface area (Å²) in [7, 11) is 3.35. The third-order valence-electron chi connectivity index (χ3n) is 7.31. The highest BCUT2D eigenvalue weighted by molar-refractivity contribution is 7.31. The van der Waals surface area contributed by atoms with Gasteiger partial charge in [-0.1, -0.05) is 6.07 Å². The molecule has 0 radical (unpaired) electrons. The standard InChI is InChI=1S/C30H34F3N8O5P/c1-4-34-27(43)25-23(8-7-21(37-25)19-10-36-41(12-19)14-29(15-42)16-46-17-29)38-26-20(30(31,32)33)11-35-28(40-26)39-22-6-5-18(13-47-45-3)9-24(22)44-2/h5-12,42,47H,4,13-17H2,1-3H3,(H,34,43)(H2,35,38,39,40). The molecule has 1 unspecified atom stereocenters. The molecule has 1 saturated heterocycles. The van der Waals surface area contributed by atoms with Crippen LogP contribution < -0.4 is 20.7 Å². The van der Waals surface area contributed by atoms with Crippen molar-refractivity contribution in [3.8, 4) is 17.0 Å². The van der Waals surface area contributed by atoms with Gasteiger partial charge >= 0.3 is 6.18 Å². The number of rotatable bonds is 14. The number of ether oxygens (including phenoxy) is 2. The van der Waals surface area contributed by atoms with Gasteiger partial charge in [-0.15, -0.1) is 0 Å².